The van der Waals surface area contributed by atoms with E-state index in [4.69, 9.17) is 4.42 Å². The van der Waals surface area contributed by atoms with Gasteiger partial charge in [-0.1, -0.05) is 5.57 Å². The van der Waals surface area contributed by atoms with E-state index < -0.39 is 6.10 Å². The molecular weight excluding hydrogens is 232 g/mol. The van der Waals surface area contributed by atoms with Crippen LogP contribution in [0.5, 0.6) is 0 Å². The monoisotopic (exact) mass is 244 g/mol. The lowest BCUT2D eigenvalue weighted by atomic mass is 10.1. The van der Waals surface area contributed by atoms with Crippen molar-refractivity contribution >= 4 is 15.9 Å². The van der Waals surface area contributed by atoms with E-state index in [0.717, 1.165) is 17.6 Å². The molecule has 2 nitrogen and oxygen atoms in total. The van der Waals surface area contributed by atoms with Crippen LogP contribution in [0.1, 0.15) is 31.4 Å². The zero-order chi connectivity index (χ0) is 9.84. The predicted octanol–water partition coefficient (Wildman–Crippen LogP) is 3.43. The number of hydrogen-bond donors (Lipinski definition) is 1. The van der Waals surface area contributed by atoms with Crippen molar-refractivity contribution < 1.29 is 9.52 Å². The van der Waals surface area contributed by atoms with Gasteiger partial charge in [-0.05, 0) is 41.8 Å². The molecule has 3 heteroatoms. The van der Waals surface area contributed by atoms with Crippen LogP contribution in [-0.4, -0.2) is 5.11 Å². The van der Waals surface area contributed by atoms with Gasteiger partial charge in [-0.3, -0.25) is 0 Å². The summed E-state index contributed by atoms with van der Waals surface area (Å²) in [5, 5.41) is 9.71. The zero-order valence-corrected chi connectivity index (χ0v) is 9.17. The van der Waals surface area contributed by atoms with E-state index in [2.05, 4.69) is 22.5 Å². The van der Waals surface area contributed by atoms with Crippen molar-refractivity contribution in [1.29, 1.82) is 0 Å². The second-order valence-corrected chi connectivity index (χ2v) is 3.88. The van der Waals surface area contributed by atoms with Gasteiger partial charge in [0.1, 0.15) is 0 Å². The van der Waals surface area contributed by atoms with E-state index in [0.29, 0.717) is 11.1 Å². The summed E-state index contributed by atoms with van der Waals surface area (Å²) in [6, 6.07) is 1.77. The maximum atomic E-state index is 9.71. The van der Waals surface area contributed by atoms with Gasteiger partial charge in [0.05, 0.1) is 12.4 Å². The molecule has 0 bridgehead atoms. The largest absolute Gasteiger partial charge is 0.457 e. The lowest BCUT2D eigenvalue weighted by molar-refractivity contribution is 0.166. The smallest absolute Gasteiger partial charge is 0.174 e. The third kappa shape index (κ3) is 3.01. The minimum absolute atomic E-state index is 0.468. The van der Waals surface area contributed by atoms with Crippen LogP contribution in [0.2, 0.25) is 0 Å². The van der Waals surface area contributed by atoms with Crippen molar-refractivity contribution in [2.75, 3.05) is 0 Å². The summed E-state index contributed by atoms with van der Waals surface area (Å²) in [6.45, 7) is 5.74. The van der Waals surface area contributed by atoms with Crippen molar-refractivity contribution in [2.45, 2.75) is 25.9 Å². The van der Waals surface area contributed by atoms with E-state index in [-0.39, 0.29) is 0 Å². The molecule has 1 aromatic rings. The molecule has 1 N–H and O–H groups in total. The van der Waals surface area contributed by atoms with Crippen LogP contribution >= 0.6 is 15.9 Å². The van der Waals surface area contributed by atoms with Gasteiger partial charge >= 0.3 is 0 Å². The van der Waals surface area contributed by atoms with Crippen LogP contribution < -0.4 is 0 Å². The van der Waals surface area contributed by atoms with Gasteiger partial charge in [-0.2, -0.15) is 0 Å². The third-order valence-electron chi connectivity index (χ3n) is 1.85. The molecule has 0 fully saturated rings. The summed E-state index contributed by atoms with van der Waals surface area (Å²) in [5.74, 6) is 0. The molecule has 0 spiro atoms. The molecule has 0 aliphatic carbocycles. The molecule has 1 rings (SSSR count). The minimum Gasteiger partial charge on any atom is -0.457 e. The number of allylic oxidation sites excluding steroid dienone is 1. The number of halogens is 1. The van der Waals surface area contributed by atoms with E-state index in [1.165, 1.54) is 0 Å². The van der Waals surface area contributed by atoms with Gasteiger partial charge in [0.25, 0.3) is 0 Å². The number of rotatable bonds is 4. The van der Waals surface area contributed by atoms with Gasteiger partial charge in [0, 0.05) is 5.56 Å². The number of furan rings is 1. The van der Waals surface area contributed by atoms with Crippen molar-refractivity contribution in [3.05, 3.63) is 34.7 Å². The average molecular weight is 245 g/mol. The summed E-state index contributed by atoms with van der Waals surface area (Å²) >= 11 is 3.22. The molecule has 1 unspecified atom stereocenters. The topological polar surface area (TPSA) is 33.4 Å². The lowest BCUT2D eigenvalue weighted by Gasteiger charge is -2.08. The fourth-order valence-corrected chi connectivity index (χ4v) is 1.59. The van der Waals surface area contributed by atoms with Crippen LogP contribution in [0.15, 0.2) is 33.6 Å². The van der Waals surface area contributed by atoms with Crippen LogP contribution in [0.3, 0.4) is 0 Å². The maximum absolute atomic E-state index is 9.71. The highest BCUT2D eigenvalue weighted by molar-refractivity contribution is 9.10. The van der Waals surface area contributed by atoms with Crippen LogP contribution in [0, 0.1) is 0 Å². The molecule has 0 saturated carbocycles. The Kier molecular flexibility index (Phi) is 3.75. The van der Waals surface area contributed by atoms with Gasteiger partial charge in [-0.15, -0.1) is 6.58 Å². The molecule has 0 aromatic carbocycles. The number of aliphatic hydroxyl groups is 1. The maximum Gasteiger partial charge on any atom is 0.174 e. The highest BCUT2D eigenvalue weighted by Gasteiger charge is 2.12. The summed E-state index contributed by atoms with van der Waals surface area (Å²) in [4.78, 5) is 0. The van der Waals surface area contributed by atoms with Crippen molar-refractivity contribution in [1.82, 2.24) is 0 Å². The fourth-order valence-electron chi connectivity index (χ4n) is 1.08. The first-order valence-electron chi connectivity index (χ1n) is 4.16. The Morgan fingerprint density at radius 2 is 2.46 bits per heavy atom. The van der Waals surface area contributed by atoms with Crippen LogP contribution in [-0.2, 0) is 0 Å². The molecule has 0 saturated heterocycles. The van der Waals surface area contributed by atoms with Gasteiger partial charge in [0.2, 0.25) is 0 Å². The molecular formula is C10H13BrO2. The van der Waals surface area contributed by atoms with Gasteiger partial charge in [-0.25, -0.2) is 0 Å². The minimum atomic E-state index is -0.468. The van der Waals surface area contributed by atoms with Crippen molar-refractivity contribution in [2.24, 2.45) is 0 Å². The van der Waals surface area contributed by atoms with E-state index in [9.17, 15) is 5.11 Å². The Balaban J connectivity index is 2.53. The summed E-state index contributed by atoms with van der Waals surface area (Å²) in [6.07, 6.45) is 2.61. The SMILES string of the molecule is C=C(C)CCC(O)c1ccoc1Br. The van der Waals surface area contributed by atoms with Crippen LogP contribution in [0.25, 0.3) is 0 Å². The molecule has 13 heavy (non-hydrogen) atoms. The first kappa shape index (κ1) is 10.5. The normalized spacial score (nSPS) is 12.8. The molecule has 1 atom stereocenters. The molecule has 72 valence electrons. The predicted molar refractivity (Wildman–Crippen MR) is 55.4 cm³/mol. The fraction of sp³-hybridized carbons (Fsp3) is 0.400. The molecule has 0 aliphatic rings. The Bertz CT molecular complexity index is 291. The van der Waals surface area contributed by atoms with E-state index in [1.54, 1.807) is 12.3 Å². The first-order valence-corrected chi connectivity index (χ1v) is 4.96. The summed E-state index contributed by atoms with van der Waals surface area (Å²) in [5.41, 5.74) is 1.89. The van der Waals surface area contributed by atoms with Crippen molar-refractivity contribution in [3.63, 3.8) is 0 Å². The molecule has 0 amide bonds. The Hall–Kier alpha value is -0.540. The van der Waals surface area contributed by atoms with Crippen LogP contribution in [0.4, 0.5) is 0 Å². The molecule has 0 aliphatic heterocycles. The lowest BCUT2D eigenvalue weighted by Crippen LogP contribution is -1.96. The average Bonchev–Trinajstić information content (AvgIpc) is 2.47. The Morgan fingerprint density at radius 3 is 2.92 bits per heavy atom. The highest BCUT2D eigenvalue weighted by atomic mass is 79.9. The Morgan fingerprint density at radius 1 is 1.77 bits per heavy atom. The van der Waals surface area contributed by atoms with E-state index in [1.807, 2.05) is 6.92 Å². The Labute approximate surface area is 86.4 Å². The quantitative estimate of drug-likeness (QED) is 0.824. The first-order chi connectivity index (χ1) is 6.11. The second-order valence-electron chi connectivity index (χ2n) is 3.16. The number of aliphatic hydroxyl groups excluding tert-OH is 1. The molecule has 1 aromatic heterocycles. The second kappa shape index (κ2) is 4.63. The zero-order valence-electron chi connectivity index (χ0n) is 7.59. The molecule has 0 radical (unpaired) electrons. The van der Waals surface area contributed by atoms with E-state index >= 15 is 0 Å². The van der Waals surface area contributed by atoms with Gasteiger partial charge < -0.3 is 9.52 Å². The highest BCUT2D eigenvalue weighted by Crippen LogP contribution is 2.27. The van der Waals surface area contributed by atoms with Crippen molar-refractivity contribution in [3.8, 4) is 0 Å². The number of hydrogen-bond acceptors (Lipinski definition) is 2. The summed E-state index contributed by atoms with van der Waals surface area (Å²) in [7, 11) is 0. The standard InChI is InChI=1S/C10H13BrO2/c1-7(2)3-4-9(12)8-5-6-13-10(8)11/h5-6,9,12H,1,3-4H2,2H3. The molecule has 1 heterocycles. The van der Waals surface area contributed by atoms with Gasteiger partial charge in [0.15, 0.2) is 4.67 Å². The summed E-state index contributed by atoms with van der Waals surface area (Å²) < 4.78 is 5.64. The third-order valence-corrected chi connectivity index (χ3v) is 2.49.